The van der Waals surface area contributed by atoms with E-state index in [0.29, 0.717) is 0 Å². The lowest BCUT2D eigenvalue weighted by atomic mass is 10.3. The molecule has 2 N–H and O–H groups in total. The van der Waals surface area contributed by atoms with Gasteiger partial charge in [-0.3, -0.25) is 0 Å². The molecule has 0 saturated heterocycles. The van der Waals surface area contributed by atoms with Gasteiger partial charge in [-0.15, -0.1) is 4.72 Å². The first-order chi connectivity index (χ1) is 5.77. The molecule has 1 aromatic carbocycles. The van der Waals surface area contributed by atoms with E-state index in [1.165, 1.54) is 0 Å². The second kappa shape index (κ2) is 4.35. The monoisotopic (exact) mass is 184 g/mol. The van der Waals surface area contributed by atoms with Gasteiger partial charge in [0.25, 0.3) is 0 Å². The van der Waals surface area contributed by atoms with E-state index < -0.39 is 11.4 Å². The van der Waals surface area contributed by atoms with Gasteiger partial charge in [0.05, 0.1) is 11.4 Å². The number of nitrogens with one attached hydrogen (secondary N) is 2. The van der Waals surface area contributed by atoms with E-state index >= 15 is 0 Å². The minimum atomic E-state index is -1.09. The standard InChI is InChI=1S/C8H12N2OS/c1-9-7-4-3-5-8(6-7)12(11)10-2/h3-6,9-10H,1-2H3. The van der Waals surface area contributed by atoms with Crippen LogP contribution < -0.4 is 10.0 Å². The fourth-order valence-electron chi connectivity index (χ4n) is 0.885. The van der Waals surface area contributed by atoms with Gasteiger partial charge >= 0.3 is 0 Å². The summed E-state index contributed by atoms with van der Waals surface area (Å²) in [6, 6.07) is 7.48. The summed E-state index contributed by atoms with van der Waals surface area (Å²) < 4.78 is 13.9. The predicted molar refractivity (Wildman–Crippen MR) is 51.5 cm³/mol. The summed E-state index contributed by atoms with van der Waals surface area (Å²) in [5.74, 6) is 0. The van der Waals surface area contributed by atoms with Crippen LogP contribution in [0.2, 0.25) is 0 Å². The number of benzene rings is 1. The lowest BCUT2D eigenvalue weighted by Gasteiger charge is -2.07. The Morgan fingerprint density at radius 1 is 1.33 bits per heavy atom. The minimum Gasteiger partial charge on any atom is -0.593 e. The number of rotatable bonds is 3. The highest BCUT2D eigenvalue weighted by Crippen LogP contribution is 2.13. The van der Waals surface area contributed by atoms with Crippen molar-refractivity contribution in [2.45, 2.75) is 4.90 Å². The molecule has 0 saturated carbocycles. The minimum absolute atomic E-state index is 0.782. The van der Waals surface area contributed by atoms with Gasteiger partial charge in [-0.05, 0) is 12.1 Å². The molecule has 12 heavy (non-hydrogen) atoms. The average Bonchev–Trinajstić information content (AvgIpc) is 2.17. The maximum atomic E-state index is 11.3. The van der Waals surface area contributed by atoms with Crippen LogP contribution in [0.4, 0.5) is 5.69 Å². The third-order valence-corrected chi connectivity index (χ3v) is 2.58. The first-order valence-electron chi connectivity index (χ1n) is 3.65. The molecule has 3 nitrogen and oxygen atoms in total. The molecule has 1 aromatic rings. The molecule has 0 bridgehead atoms. The lowest BCUT2D eigenvalue weighted by molar-refractivity contribution is 0.587. The molecule has 0 aliphatic heterocycles. The first-order valence-corrected chi connectivity index (χ1v) is 4.80. The van der Waals surface area contributed by atoms with Gasteiger partial charge in [0.1, 0.15) is 0 Å². The summed E-state index contributed by atoms with van der Waals surface area (Å²) in [6.07, 6.45) is 0. The Labute approximate surface area is 75.5 Å². The lowest BCUT2D eigenvalue weighted by Crippen LogP contribution is -2.18. The second-order valence-corrected chi connectivity index (χ2v) is 3.67. The molecule has 0 aromatic heterocycles. The number of hydrogen-bond donors (Lipinski definition) is 2. The van der Waals surface area contributed by atoms with Crippen molar-refractivity contribution < 1.29 is 4.55 Å². The van der Waals surface area contributed by atoms with E-state index in [1.807, 2.05) is 31.3 Å². The summed E-state index contributed by atoms with van der Waals surface area (Å²) in [5, 5.41) is 2.98. The van der Waals surface area contributed by atoms with Crippen LogP contribution in [-0.2, 0) is 11.4 Å². The Morgan fingerprint density at radius 2 is 2.08 bits per heavy atom. The van der Waals surface area contributed by atoms with Crippen LogP contribution in [-0.4, -0.2) is 18.6 Å². The van der Waals surface area contributed by atoms with E-state index in [2.05, 4.69) is 10.0 Å². The van der Waals surface area contributed by atoms with Crippen LogP contribution in [0.1, 0.15) is 0 Å². The van der Waals surface area contributed by atoms with Crippen LogP contribution >= 0.6 is 0 Å². The van der Waals surface area contributed by atoms with Gasteiger partial charge in [-0.1, -0.05) is 6.07 Å². The molecule has 1 atom stereocenters. The van der Waals surface area contributed by atoms with Crippen molar-refractivity contribution in [1.82, 2.24) is 4.72 Å². The molecule has 0 aliphatic rings. The third-order valence-electron chi connectivity index (χ3n) is 1.52. The zero-order valence-electron chi connectivity index (χ0n) is 7.13. The van der Waals surface area contributed by atoms with Crippen LogP contribution in [0.3, 0.4) is 0 Å². The zero-order valence-corrected chi connectivity index (χ0v) is 7.94. The SMILES string of the molecule is CNc1cccc([S+]([O-])NC)c1. The highest BCUT2D eigenvalue weighted by molar-refractivity contribution is 7.89. The predicted octanol–water partition coefficient (Wildman–Crippen LogP) is 0.970. The van der Waals surface area contributed by atoms with E-state index in [9.17, 15) is 4.55 Å². The van der Waals surface area contributed by atoms with Gasteiger partial charge in [0.2, 0.25) is 0 Å². The molecular weight excluding hydrogens is 172 g/mol. The van der Waals surface area contributed by atoms with Crippen molar-refractivity contribution >= 4 is 17.0 Å². The summed E-state index contributed by atoms with van der Waals surface area (Å²) >= 11 is -1.09. The van der Waals surface area contributed by atoms with Crippen LogP contribution in [0.15, 0.2) is 29.2 Å². The molecule has 0 heterocycles. The van der Waals surface area contributed by atoms with E-state index in [-0.39, 0.29) is 0 Å². The highest BCUT2D eigenvalue weighted by Gasteiger charge is 2.07. The van der Waals surface area contributed by atoms with Gasteiger partial charge < -0.3 is 9.87 Å². The van der Waals surface area contributed by atoms with E-state index in [4.69, 9.17) is 0 Å². The molecule has 1 unspecified atom stereocenters. The second-order valence-electron chi connectivity index (χ2n) is 2.25. The summed E-state index contributed by atoms with van der Waals surface area (Å²) in [4.78, 5) is 0.782. The molecule has 0 amide bonds. The fraction of sp³-hybridized carbons (Fsp3) is 0.250. The maximum absolute atomic E-state index is 11.3. The van der Waals surface area contributed by atoms with E-state index in [0.717, 1.165) is 10.6 Å². The highest BCUT2D eigenvalue weighted by atomic mass is 32.2. The number of anilines is 1. The van der Waals surface area contributed by atoms with Crippen LogP contribution in [0.25, 0.3) is 0 Å². The summed E-state index contributed by atoms with van der Waals surface area (Å²) in [5.41, 5.74) is 0.969. The molecule has 66 valence electrons. The molecule has 0 radical (unpaired) electrons. The fourth-order valence-corrected chi connectivity index (χ4v) is 1.56. The molecule has 0 fully saturated rings. The Hall–Kier alpha value is -0.710. The summed E-state index contributed by atoms with van der Waals surface area (Å²) in [6.45, 7) is 0. The maximum Gasteiger partial charge on any atom is 0.175 e. The Bertz CT molecular complexity index is 255. The van der Waals surface area contributed by atoms with Crippen molar-refractivity contribution in [3.8, 4) is 0 Å². The van der Waals surface area contributed by atoms with Crippen molar-refractivity contribution in [1.29, 1.82) is 0 Å². The Morgan fingerprint density at radius 3 is 2.67 bits per heavy atom. The van der Waals surface area contributed by atoms with Crippen LogP contribution in [0.5, 0.6) is 0 Å². The van der Waals surface area contributed by atoms with Crippen molar-refractivity contribution in [3.05, 3.63) is 24.3 Å². The molecular formula is C8H12N2OS. The average molecular weight is 184 g/mol. The van der Waals surface area contributed by atoms with Crippen molar-refractivity contribution in [2.75, 3.05) is 19.4 Å². The molecule has 4 heteroatoms. The quantitative estimate of drug-likeness (QED) is 0.688. The zero-order chi connectivity index (χ0) is 8.97. The van der Waals surface area contributed by atoms with Gasteiger partial charge in [0, 0.05) is 25.8 Å². The topological polar surface area (TPSA) is 47.1 Å². The van der Waals surface area contributed by atoms with Gasteiger partial charge in [-0.25, -0.2) is 0 Å². The van der Waals surface area contributed by atoms with Crippen molar-refractivity contribution in [2.24, 2.45) is 0 Å². The number of hydrogen-bond acceptors (Lipinski definition) is 3. The largest absolute Gasteiger partial charge is 0.593 e. The van der Waals surface area contributed by atoms with Gasteiger partial charge in [-0.2, -0.15) is 0 Å². The Kier molecular flexibility index (Phi) is 3.40. The smallest absolute Gasteiger partial charge is 0.175 e. The van der Waals surface area contributed by atoms with E-state index in [1.54, 1.807) is 7.05 Å². The molecule has 0 aliphatic carbocycles. The van der Waals surface area contributed by atoms with Crippen LogP contribution in [0, 0.1) is 0 Å². The normalized spacial score (nSPS) is 12.6. The van der Waals surface area contributed by atoms with Crippen molar-refractivity contribution in [3.63, 3.8) is 0 Å². The third kappa shape index (κ3) is 2.14. The molecule has 1 rings (SSSR count). The van der Waals surface area contributed by atoms with Gasteiger partial charge in [0.15, 0.2) is 4.90 Å². The first kappa shape index (κ1) is 9.38. The summed E-state index contributed by atoms with van der Waals surface area (Å²) in [7, 11) is 3.50. The molecule has 0 spiro atoms. The Balaban J connectivity index is 2.86.